The molecule has 4 rings (SSSR count). The summed E-state index contributed by atoms with van der Waals surface area (Å²) in [6.45, 7) is 0. The number of halogens is 3. The maximum absolute atomic E-state index is 13.4. The zero-order chi connectivity index (χ0) is 24.3. The number of ether oxygens (including phenoxy) is 1. The summed E-state index contributed by atoms with van der Waals surface area (Å²) in [5.41, 5.74) is 0.322. The van der Waals surface area contributed by atoms with Gasteiger partial charge in [-0.05, 0) is 56.0 Å². The Hall–Kier alpha value is -3.62. The van der Waals surface area contributed by atoms with Crippen molar-refractivity contribution < 1.29 is 27.5 Å². The van der Waals surface area contributed by atoms with Crippen LogP contribution in [-0.4, -0.2) is 36.1 Å². The molecule has 3 aromatic rings. The molecule has 0 aliphatic heterocycles. The van der Waals surface area contributed by atoms with Gasteiger partial charge in [0.25, 0.3) is 5.91 Å². The lowest BCUT2D eigenvalue weighted by Crippen LogP contribution is -2.41. The summed E-state index contributed by atoms with van der Waals surface area (Å²) >= 11 is 0. The van der Waals surface area contributed by atoms with Gasteiger partial charge in [-0.1, -0.05) is 24.3 Å². The Bertz CT molecular complexity index is 1210. The molecule has 1 aromatic heterocycles. The van der Waals surface area contributed by atoms with E-state index < -0.39 is 17.8 Å². The van der Waals surface area contributed by atoms with Gasteiger partial charge in [0.05, 0.1) is 18.2 Å². The topological polar surface area (TPSA) is 80.3 Å². The lowest BCUT2D eigenvalue weighted by Gasteiger charge is -2.31. The van der Waals surface area contributed by atoms with Crippen molar-refractivity contribution in [2.45, 2.75) is 43.9 Å². The Morgan fingerprint density at radius 3 is 2.50 bits per heavy atom. The molecule has 1 heterocycles. The second kappa shape index (κ2) is 9.70. The third-order valence-electron chi connectivity index (χ3n) is 5.92. The predicted molar refractivity (Wildman–Crippen MR) is 122 cm³/mol. The van der Waals surface area contributed by atoms with E-state index in [0.717, 1.165) is 25.3 Å². The number of alkyl halides is 3. The van der Waals surface area contributed by atoms with E-state index in [1.807, 2.05) is 0 Å². The largest absolute Gasteiger partial charge is 0.465 e. The molecule has 1 amide bonds. The van der Waals surface area contributed by atoms with Gasteiger partial charge in [0, 0.05) is 28.7 Å². The highest BCUT2D eigenvalue weighted by Crippen LogP contribution is 2.34. The van der Waals surface area contributed by atoms with Crippen LogP contribution in [-0.2, 0) is 10.9 Å². The maximum Gasteiger partial charge on any atom is 0.433 e. The molecule has 178 valence electrons. The first kappa shape index (κ1) is 23.5. The smallest absolute Gasteiger partial charge is 0.433 e. The van der Waals surface area contributed by atoms with Crippen molar-refractivity contribution in [3.05, 3.63) is 71.4 Å². The van der Waals surface area contributed by atoms with Crippen LogP contribution in [0.25, 0.3) is 10.9 Å². The van der Waals surface area contributed by atoms with Crippen LogP contribution in [0.15, 0.2) is 54.6 Å². The predicted octanol–water partition coefficient (Wildman–Crippen LogP) is 5.19. The Morgan fingerprint density at radius 2 is 1.74 bits per heavy atom. The molecule has 0 spiro atoms. The van der Waals surface area contributed by atoms with E-state index in [1.165, 1.54) is 13.2 Å². The second-order valence-corrected chi connectivity index (χ2v) is 8.32. The molecule has 0 radical (unpaired) electrons. The number of amides is 1. The molecule has 6 nitrogen and oxygen atoms in total. The fourth-order valence-electron chi connectivity index (χ4n) is 4.29. The molecule has 0 saturated heterocycles. The van der Waals surface area contributed by atoms with Gasteiger partial charge in [-0.3, -0.25) is 4.79 Å². The third-order valence-corrected chi connectivity index (χ3v) is 5.92. The van der Waals surface area contributed by atoms with Crippen LogP contribution in [0.3, 0.4) is 0 Å². The van der Waals surface area contributed by atoms with E-state index in [0.29, 0.717) is 23.1 Å². The summed E-state index contributed by atoms with van der Waals surface area (Å²) in [5.74, 6) is -0.843. The van der Waals surface area contributed by atoms with Gasteiger partial charge in [0.15, 0.2) is 0 Å². The van der Waals surface area contributed by atoms with E-state index in [2.05, 4.69) is 15.6 Å². The number of methoxy groups -OCH3 is 1. The molecule has 2 N–H and O–H groups in total. The van der Waals surface area contributed by atoms with Gasteiger partial charge < -0.3 is 15.4 Å². The highest BCUT2D eigenvalue weighted by molar-refractivity contribution is 5.98. The number of nitrogens with zero attached hydrogens (tertiary/aromatic N) is 1. The van der Waals surface area contributed by atoms with Crippen LogP contribution in [0.2, 0.25) is 0 Å². The first-order valence-electron chi connectivity index (χ1n) is 11.0. The molecule has 2 atom stereocenters. The van der Waals surface area contributed by atoms with Crippen LogP contribution in [0.4, 0.5) is 18.9 Å². The van der Waals surface area contributed by atoms with Crippen molar-refractivity contribution in [3.63, 3.8) is 0 Å². The molecule has 1 saturated carbocycles. The number of pyridine rings is 1. The number of hydrogen-bond donors (Lipinski definition) is 2. The number of para-hydroxylation sites is 1. The molecule has 0 bridgehead atoms. The van der Waals surface area contributed by atoms with Crippen LogP contribution in [0.5, 0.6) is 0 Å². The monoisotopic (exact) mass is 471 g/mol. The number of benzene rings is 2. The molecule has 9 heteroatoms. The highest BCUT2D eigenvalue weighted by atomic mass is 19.4. The van der Waals surface area contributed by atoms with Crippen molar-refractivity contribution in [1.82, 2.24) is 10.3 Å². The number of esters is 1. The molecule has 2 aromatic carbocycles. The third kappa shape index (κ3) is 5.30. The average Bonchev–Trinajstić information content (AvgIpc) is 2.83. The molecular weight excluding hydrogens is 447 g/mol. The molecule has 34 heavy (non-hydrogen) atoms. The standard InChI is InChI=1S/C25H24F3N3O3/c1-34-24(33)16-7-4-6-15(12-16)23(32)30-18-9-5-8-17(13-18)29-21-14-22(25(26,27)28)31-20-11-3-2-10-19(20)21/h2-4,6-7,10-12,14,17-18H,5,8-9,13H2,1H3,(H,29,31)(H,30,32). The quantitative estimate of drug-likeness (QED) is 0.501. The lowest BCUT2D eigenvalue weighted by molar-refractivity contribution is -0.140. The number of fused-ring (bicyclic) bond motifs is 1. The summed E-state index contributed by atoms with van der Waals surface area (Å²) in [6, 6.07) is 13.7. The van der Waals surface area contributed by atoms with Crippen molar-refractivity contribution >= 4 is 28.5 Å². The fraction of sp³-hybridized carbons (Fsp3) is 0.320. The average molecular weight is 471 g/mol. The van der Waals surface area contributed by atoms with Gasteiger partial charge in [-0.2, -0.15) is 13.2 Å². The summed E-state index contributed by atoms with van der Waals surface area (Å²) in [4.78, 5) is 28.2. The first-order valence-corrected chi connectivity index (χ1v) is 11.0. The van der Waals surface area contributed by atoms with E-state index in [4.69, 9.17) is 4.74 Å². The van der Waals surface area contributed by atoms with Gasteiger partial charge in [-0.15, -0.1) is 0 Å². The van der Waals surface area contributed by atoms with E-state index in [-0.39, 0.29) is 29.1 Å². The van der Waals surface area contributed by atoms with Gasteiger partial charge in [-0.25, -0.2) is 9.78 Å². The summed E-state index contributed by atoms with van der Waals surface area (Å²) in [6.07, 6.45) is -1.67. The minimum Gasteiger partial charge on any atom is -0.465 e. The van der Waals surface area contributed by atoms with Crippen molar-refractivity contribution in [1.29, 1.82) is 0 Å². The summed E-state index contributed by atoms with van der Waals surface area (Å²) < 4.78 is 44.8. The Kier molecular flexibility index (Phi) is 6.72. The second-order valence-electron chi connectivity index (χ2n) is 8.32. The number of nitrogens with one attached hydrogen (secondary N) is 2. The molecule has 1 aliphatic rings. The van der Waals surface area contributed by atoms with Gasteiger partial charge in [0.2, 0.25) is 0 Å². The summed E-state index contributed by atoms with van der Waals surface area (Å²) in [5, 5.41) is 6.86. The van der Waals surface area contributed by atoms with Crippen LogP contribution in [0, 0.1) is 0 Å². The Morgan fingerprint density at radius 1 is 1.00 bits per heavy atom. The van der Waals surface area contributed by atoms with Gasteiger partial charge >= 0.3 is 12.1 Å². The minimum atomic E-state index is -4.55. The molecular formula is C25H24F3N3O3. The highest BCUT2D eigenvalue weighted by Gasteiger charge is 2.34. The van der Waals surface area contributed by atoms with Crippen LogP contribution in [0.1, 0.15) is 52.1 Å². The Labute approximate surface area is 194 Å². The number of anilines is 1. The molecule has 1 fully saturated rings. The number of aromatic nitrogens is 1. The van der Waals surface area contributed by atoms with Crippen molar-refractivity contribution in [2.24, 2.45) is 0 Å². The Balaban J connectivity index is 1.48. The van der Waals surface area contributed by atoms with Crippen molar-refractivity contribution in [2.75, 3.05) is 12.4 Å². The minimum absolute atomic E-state index is 0.118. The lowest BCUT2D eigenvalue weighted by atomic mass is 9.90. The van der Waals surface area contributed by atoms with Gasteiger partial charge in [0.1, 0.15) is 5.69 Å². The number of carbonyl (C=O) groups is 2. The normalized spacial score (nSPS) is 18.4. The van der Waals surface area contributed by atoms with Crippen LogP contribution < -0.4 is 10.6 Å². The van der Waals surface area contributed by atoms with Crippen LogP contribution >= 0.6 is 0 Å². The SMILES string of the molecule is COC(=O)c1cccc(C(=O)NC2CCCC(Nc3cc(C(F)(F)F)nc4ccccc34)C2)c1. The molecule has 2 unspecified atom stereocenters. The maximum atomic E-state index is 13.4. The zero-order valence-corrected chi connectivity index (χ0v) is 18.5. The first-order chi connectivity index (χ1) is 16.2. The van der Waals surface area contributed by atoms with Crippen molar-refractivity contribution in [3.8, 4) is 0 Å². The fourth-order valence-corrected chi connectivity index (χ4v) is 4.29. The zero-order valence-electron chi connectivity index (χ0n) is 18.5. The number of carbonyl (C=O) groups excluding carboxylic acids is 2. The van der Waals surface area contributed by atoms with E-state index in [9.17, 15) is 22.8 Å². The van der Waals surface area contributed by atoms with E-state index >= 15 is 0 Å². The number of hydrogen-bond acceptors (Lipinski definition) is 5. The molecule has 1 aliphatic carbocycles. The van der Waals surface area contributed by atoms with E-state index in [1.54, 1.807) is 42.5 Å². The number of rotatable bonds is 5. The summed E-state index contributed by atoms with van der Waals surface area (Å²) in [7, 11) is 1.27.